The number of ketones is 1. The number of Topliss-reactive ketones (excluding diaryl/α,β-unsaturated/α-hetero) is 1. The van der Waals surface area contributed by atoms with Crippen LogP contribution in [0.4, 0.5) is 18.9 Å². The molecule has 0 amide bonds. The van der Waals surface area contributed by atoms with E-state index in [2.05, 4.69) is 36.1 Å². The van der Waals surface area contributed by atoms with Crippen LogP contribution in [0.2, 0.25) is 0 Å². The quantitative estimate of drug-likeness (QED) is 0.410. The van der Waals surface area contributed by atoms with Crippen LogP contribution in [0, 0.1) is 23.2 Å². The maximum Gasteiger partial charge on any atom is 0.417 e. The predicted octanol–water partition coefficient (Wildman–Crippen LogP) is 6.79. The molecule has 4 aliphatic rings. The van der Waals surface area contributed by atoms with Crippen LogP contribution in [0.3, 0.4) is 0 Å². The second-order valence-corrected chi connectivity index (χ2v) is 12.3. The molecule has 0 spiro atoms. The van der Waals surface area contributed by atoms with Crippen LogP contribution < -0.4 is 4.90 Å². The molecule has 1 heterocycles. The molecular formula is C34H34F3NO3. The standard InChI is InChI=1S/C34H34F3NO3/c1-32-19-27(21-8-10-24(11-9-21)38(2)3)30-26-13-12-25(39)18-23(26)20-41-31(30)29(32)15-17-33(32,40)16-14-22-6-4-5-7-28(22)34(35,36)37/h4-11,20,27,29,31,40H,12-13,15,17-19H2,1-3H3/t27-,29+,31+,32+,33+/m1/s1. The molecule has 2 aromatic rings. The van der Waals surface area contributed by atoms with Crippen LogP contribution >= 0.6 is 0 Å². The zero-order chi connectivity index (χ0) is 29.2. The zero-order valence-corrected chi connectivity index (χ0v) is 23.5. The number of fused-ring (bicyclic) bond motifs is 4. The van der Waals surface area contributed by atoms with Crippen LogP contribution in [-0.4, -0.2) is 36.7 Å². The van der Waals surface area contributed by atoms with Crippen molar-refractivity contribution >= 4 is 11.5 Å². The Balaban J connectivity index is 1.45. The van der Waals surface area contributed by atoms with Gasteiger partial charge in [0.2, 0.25) is 0 Å². The Morgan fingerprint density at radius 2 is 1.80 bits per heavy atom. The SMILES string of the molecule is CN(C)c1ccc([C@H]2C[C@@]3(C)[C@@H](CC[C@@]3(O)C#Cc3ccccc3C(F)(F)F)[C@@H]3OC=C4CC(=O)CCC4=C32)cc1. The largest absolute Gasteiger partial charge is 0.493 e. The van der Waals surface area contributed by atoms with Crippen LogP contribution in [0.15, 0.2) is 71.5 Å². The van der Waals surface area contributed by atoms with Gasteiger partial charge < -0.3 is 14.7 Å². The van der Waals surface area contributed by atoms with Crippen molar-refractivity contribution in [2.24, 2.45) is 11.3 Å². The summed E-state index contributed by atoms with van der Waals surface area (Å²) >= 11 is 0. The second-order valence-electron chi connectivity index (χ2n) is 12.3. The molecule has 0 unspecified atom stereocenters. The van der Waals surface area contributed by atoms with E-state index < -0.39 is 22.8 Å². The highest BCUT2D eigenvalue weighted by Crippen LogP contribution is 2.64. The molecule has 0 bridgehead atoms. The van der Waals surface area contributed by atoms with Gasteiger partial charge in [-0.3, -0.25) is 4.79 Å². The Labute approximate surface area is 238 Å². The second kappa shape index (κ2) is 9.80. The number of carbonyl (C=O) groups is 1. The van der Waals surface area contributed by atoms with E-state index in [4.69, 9.17) is 4.74 Å². The van der Waals surface area contributed by atoms with E-state index in [9.17, 15) is 23.1 Å². The lowest BCUT2D eigenvalue weighted by atomic mass is 9.55. The van der Waals surface area contributed by atoms with Gasteiger partial charge in [-0.2, -0.15) is 13.2 Å². The number of hydrogen-bond acceptors (Lipinski definition) is 4. The van der Waals surface area contributed by atoms with Crippen molar-refractivity contribution in [3.63, 3.8) is 0 Å². The average molecular weight is 562 g/mol. The maximum atomic E-state index is 13.7. The number of allylic oxidation sites excluding steroid dienone is 2. The molecule has 7 heteroatoms. The normalized spacial score (nSPS) is 30.8. The average Bonchev–Trinajstić information content (AvgIpc) is 3.21. The molecular weight excluding hydrogens is 527 g/mol. The topological polar surface area (TPSA) is 49.8 Å². The fourth-order valence-corrected chi connectivity index (χ4v) is 7.53. The Morgan fingerprint density at radius 1 is 1.07 bits per heavy atom. The molecule has 4 nitrogen and oxygen atoms in total. The van der Waals surface area contributed by atoms with Crippen molar-refractivity contribution in [2.75, 3.05) is 19.0 Å². The van der Waals surface area contributed by atoms with E-state index in [-0.39, 0.29) is 29.3 Å². The highest BCUT2D eigenvalue weighted by molar-refractivity contribution is 5.84. The molecule has 41 heavy (non-hydrogen) atoms. The van der Waals surface area contributed by atoms with Gasteiger partial charge in [0.15, 0.2) is 0 Å². The molecule has 3 fully saturated rings. The van der Waals surface area contributed by atoms with Gasteiger partial charge in [-0.1, -0.05) is 43.0 Å². The molecule has 1 aliphatic heterocycles. The molecule has 214 valence electrons. The van der Waals surface area contributed by atoms with Crippen LogP contribution in [0.1, 0.15) is 68.1 Å². The highest BCUT2D eigenvalue weighted by atomic mass is 19.4. The van der Waals surface area contributed by atoms with Crippen LogP contribution in [0.5, 0.6) is 0 Å². The number of anilines is 1. The van der Waals surface area contributed by atoms with Crippen molar-refractivity contribution in [1.82, 2.24) is 0 Å². The third-order valence-corrected chi connectivity index (χ3v) is 9.84. The molecule has 2 aromatic carbocycles. The molecule has 6 rings (SSSR count). The number of aliphatic hydroxyl groups is 1. The van der Waals surface area contributed by atoms with E-state index in [0.29, 0.717) is 38.5 Å². The summed E-state index contributed by atoms with van der Waals surface area (Å²) in [6, 6.07) is 13.6. The first-order valence-electron chi connectivity index (χ1n) is 14.2. The van der Waals surface area contributed by atoms with Gasteiger partial charge in [0.05, 0.1) is 11.8 Å². The van der Waals surface area contributed by atoms with Crippen molar-refractivity contribution in [1.29, 1.82) is 0 Å². The van der Waals surface area contributed by atoms with E-state index in [0.717, 1.165) is 22.9 Å². The fourth-order valence-electron chi connectivity index (χ4n) is 7.53. The Hall–Kier alpha value is -3.50. The van der Waals surface area contributed by atoms with Gasteiger partial charge in [0, 0.05) is 55.4 Å². The number of rotatable bonds is 2. The van der Waals surface area contributed by atoms with Gasteiger partial charge in [-0.05, 0) is 72.2 Å². The van der Waals surface area contributed by atoms with E-state index >= 15 is 0 Å². The summed E-state index contributed by atoms with van der Waals surface area (Å²) < 4.78 is 47.4. The number of carbonyl (C=O) groups excluding carboxylic acids is 1. The predicted molar refractivity (Wildman–Crippen MR) is 151 cm³/mol. The first-order chi connectivity index (χ1) is 19.4. The number of nitrogens with zero attached hydrogens (tertiary/aromatic N) is 1. The van der Waals surface area contributed by atoms with Gasteiger partial charge in [-0.25, -0.2) is 0 Å². The summed E-state index contributed by atoms with van der Waals surface area (Å²) in [7, 11) is 3.97. The fraction of sp³-hybridized carbons (Fsp3) is 0.441. The molecule has 3 saturated carbocycles. The smallest absolute Gasteiger partial charge is 0.417 e. The van der Waals surface area contributed by atoms with E-state index in [1.807, 2.05) is 25.9 Å². The third kappa shape index (κ3) is 4.57. The minimum absolute atomic E-state index is 0.0742. The first kappa shape index (κ1) is 27.7. The lowest BCUT2D eigenvalue weighted by molar-refractivity contribution is -0.137. The molecule has 3 aliphatic carbocycles. The summed E-state index contributed by atoms with van der Waals surface area (Å²) in [5.41, 5.74) is 2.33. The van der Waals surface area contributed by atoms with Gasteiger partial charge in [0.1, 0.15) is 17.5 Å². The number of ether oxygens (including phenoxy) is 1. The maximum absolute atomic E-state index is 13.7. The Bertz CT molecular complexity index is 1510. The van der Waals surface area contributed by atoms with Gasteiger partial charge >= 0.3 is 6.18 Å². The molecule has 0 radical (unpaired) electrons. The van der Waals surface area contributed by atoms with Crippen molar-refractivity contribution in [3.05, 3.63) is 88.2 Å². The summed E-state index contributed by atoms with van der Waals surface area (Å²) in [5.74, 6) is 5.73. The minimum atomic E-state index is -4.53. The molecule has 0 aromatic heterocycles. The zero-order valence-electron chi connectivity index (χ0n) is 23.5. The lowest BCUT2D eigenvalue weighted by Gasteiger charge is -2.52. The number of benzene rings is 2. The van der Waals surface area contributed by atoms with Crippen molar-refractivity contribution < 1.29 is 27.8 Å². The number of alkyl halides is 3. The molecule has 5 atom stereocenters. The number of hydrogen-bond donors (Lipinski definition) is 1. The Kier molecular flexibility index (Phi) is 6.61. The van der Waals surface area contributed by atoms with Crippen LogP contribution in [0.25, 0.3) is 0 Å². The highest BCUT2D eigenvalue weighted by Gasteiger charge is 2.63. The van der Waals surface area contributed by atoms with Crippen molar-refractivity contribution in [3.8, 4) is 11.8 Å². The lowest BCUT2D eigenvalue weighted by Crippen LogP contribution is -2.53. The molecule has 0 saturated heterocycles. The third-order valence-electron chi connectivity index (χ3n) is 9.84. The van der Waals surface area contributed by atoms with Gasteiger partial charge in [-0.15, -0.1) is 0 Å². The minimum Gasteiger partial charge on any atom is -0.493 e. The monoisotopic (exact) mass is 561 g/mol. The summed E-state index contributed by atoms with van der Waals surface area (Å²) in [6.07, 6.45) is 0.0152. The molecule has 1 N–H and O–H groups in total. The van der Waals surface area contributed by atoms with Crippen molar-refractivity contribution in [2.45, 2.75) is 69.2 Å². The van der Waals surface area contributed by atoms with E-state index in [1.165, 1.54) is 29.3 Å². The Morgan fingerprint density at radius 3 is 2.51 bits per heavy atom. The van der Waals surface area contributed by atoms with Gasteiger partial charge in [0.25, 0.3) is 0 Å². The van der Waals surface area contributed by atoms with E-state index in [1.54, 1.807) is 6.26 Å². The summed E-state index contributed by atoms with van der Waals surface area (Å²) in [5, 5.41) is 12.1. The summed E-state index contributed by atoms with van der Waals surface area (Å²) in [6.45, 7) is 2.02. The number of halogens is 3. The first-order valence-corrected chi connectivity index (χ1v) is 14.2. The summed E-state index contributed by atoms with van der Waals surface area (Å²) in [4.78, 5) is 14.3. The van der Waals surface area contributed by atoms with Crippen LogP contribution in [-0.2, 0) is 15.7 Å².